The molecule has 0 aliphatic carbocycles. The molecular formula is C11H20N2O3S. The number of nitrogens with one attached hydrogen (secondary N) is 1. The average molecular weight is 260 g/mol. The summed E-state index contributed by atoms with van der Waals surface area (Å²) in [5, 5.41) is 32.1. The van der Waals surface area contributed by atoms with E-state index < -0.39 is 12.2 Å². The first-order valence-corrected chi connectivity index (χ1v) is 7.04. The zero-order valence-electron chi connectivity index (χ0n) is 9.91. The Hall–Kier alpha value is -0.300. The quantitative estimate of drug-likeness (QED) is 0.542. The van der Waals surface area contributed by atoms with E-state index in [-0.39, 0.29) is 23.1 Å². The molecule has 5 nitrogen and oxygen atoms in total. The van der Waals surface area contributed by atoms with Crippen LogP contribution in [0.25, 0.3) is 0 Å². The van der Waals surface area contributed by atoms with Crippen molar-refractivity contribution in [3.05, 3.63) is 0 Å². The Morgan fingerprint density at radius 3 is 2.82 bits per heavy atom. The van der Waals surface area contributed by atoms with Crippen molar-refractivity contribution in [2.24, 2.45) is 4.99 Å². The number of aliphatic hydroxyl groups excluding tert-OH is 3. The molecule has 17 heavy (non-hydrogen) atoms. The molecule has 0 unspecified atom stereocenters. The third-order valence-corrected chi connectivity index (χ3v) is 4.84. The average Bonchev–Trinajstić information content (AvgIpc) is 2.74. The molecule has 0 aromatic carbocycles. The number of hydrogen-bond acceptors (Lipinski definition) is 6. The van der Waals surface area contributed by atoms with Gasteiger partial charge in [0.15, 0.2) is 0 Å². The van der Waals surface area contributed by atoms with Crippen LogP contribution in [0.15, 0.2) is 4.99 Å². The van der Waals surface area contributed by atoms with Gasteiger partial charge in [-0.05, 0) is 6.42 Å². The molecule has 1 fully saturated rings. The van der Waals surface area contributed by atoms with Crippen LogP contribution in [0.4, 0.5) is 0 Å². The summed E-state index contributed by atoms with van der Waals surface area (Å²) in [6.45, 7) is 2.86. The van der Waals surface area contributed by atoms with Crippen LogP contribution in [0.2, 0.25) is 0 Å². The van der Waals surface area contributed by atoms with Gasteiger partial charge in [-0.1, -0.05) is 6.92 Å². The van der Waals surface area contributed by atoms with Crippen LogP contribution in [-0.4, -0.2) is 63.1 Å². The van der Waals surface area contributed by atoms with Gasteiger partial charge in [-0.3, -0.25) is 4.99 Å². The molecule has 0 bridgehead atoms. The van der Waals surface area contributed by atoms with Crippen LogP contribution in [0, 0.1) is 0 Å². The van der Waals surface area contributed by atoms with Gasteiger partial charge in [0, 0.05) is 18.2 Å². The second-order valence-corrected chi connectivity index (χ2v) is 6.06. The lowest BCUT2D eigenvalue weighted by atomic mass is 10.00. The summed E-state index contributed by atoms with van der Waals surface area (Å²) < 4.78 is 0. The Morgan fingerprint density at radius 1 is 1.41 bits per heavy atom. The lowest BCUT2D eigenvalue weighted by molar-refractivity contribution is -0.00798. The molecule has 2 aliphatic rings. The molecule has 0 radical (unpaired) electrons. The highest BCUT2D eigenvalue weighted by molar-refractivity contribution is 8.00. The fourth-order valence-electron chi connectivity index (χ4n) is 2.32. The van der Waals surface area contributed by atoms with Crippen LogP contribution in [0.3, 0.4) is 0 Å². The minimum absolute atomic E-state index is 0.107. The van der Waals surface area contributed by atoms with E-state index in [1.807, 2.05) is 0 Å². The van der Waals surface area contributed by atoms with E-state index in [1.54, 1.807) is 0 Å². The highest BCUT2D eigenvalue weighted by Crippen LogP contribution is 2.38. The lowest BCUT2D eigenvalue weighted by Gasteiger charge is -2.37. The van der Waals surface area contributed by atoms with Crippen molar-refractivity contribution in [1.29, 1.82) is 0 Å². The largest absolute Gasteiger partial charge is 0.395 e. The second kappa shape index (κ2) is 5.56. The molecule has 0 spiro atoms. The van der Waals surface area contributed by atoms with Gasteiger partial charge in [0.25, 0.3) is 0 Å². The van der Waals surface area contributed by atoms with Crippen LogP contribution < -0.4 is 5.32 Å². The maximum absolute atomic E-state index is 9.98. The van der Waals surface area contributed by atoms with Crippen molar-refractivity contribution < 1.29 is 15.3 Å². The van der Waals surface area contributed by atoms with Gasteiger partial charge >= 0.3 is 0 Å². The highest BCUT2D eigenvalue weighted by Gasteiger charge is 2.46. The SMILES string of the molecule is CCCNC1=N[C@@H]2[C@@H](O)[C@H](O)[C@@H](CO)S[C@@H]2C1. The van der Waals surface area contributed by atoms with E-state index in [2.05, 4.69) is 17.2 Å². The Labute approximate surface area is 105 Å². The van der Waals surface area contributed by atoms with Crippen molar-refractivity contribution in [2.45, 2.75) is 48.5 Å². The molecule has 98 valence electrons. The number of aliphatic imine (C=N–C) groups is 1. The summed E-state index contributed by atoms with van der Waals surface area (Å²) in [5.74, 6) is 0.916. The standard InChI is InChI=1S/C11H20N2O3S/c1-2-3-12-8-4-6-9(13-8)11(16)10(15)7(5-14)17-6/h6-7,9-11,14-16H,2-5H2,1H3,(H,12,13)/t6-,7-,9+,10-,11-/m1/s1. The molecular weight excluding hydrogens is 240 g/mol. The van der Waals surface area contributed by atoms with Gasteiger partial charge in [0.1, 0.15) is 6.10 Å². The predicted molar refractivity (Wildman–Crippen MR) is 68.4 cm³/mol. The molecule has 0 saturated carbocycles. The number of amidine groups is 1. The van der Waals surface area contributed by atoms with Crippen molar-refractivity contribution in [1.82, 2.24) is 5.32 Å². The Bertz CT molecular complexity index is 300. The fraction of sp³-hybridized carbons (Fsp3) is 0.909. The summed E-state index contributed by atoms with van der Waals surface area (Å²) in [4.78, 5) is 4.44. The number of hydrogen-bond donors (Lipinski definition) is 4. The molecule has 2 rings (SSSR count). The van der Waals surface area contributed by atoms with Gasteiger partial charge in [-0.25, -0.2) is 0 Å². The normalized spacial score (nSPS) is 40.9. The molecule has 2 aliphatic heterocycles. The maximum Gasteiger partial charge on any atom is 0.104 e. The minimum atomic E-state index is -0.888. The van der Waals surface area contributed by atoms with Crippen molar-refractivity contribution in [2.75, 3.05) is 13.2 Å². The van der Waals surface area contributed by atoms with Crippen molar-refractivity contribution >= 4 is 17.6 Å². The number of rotatable bonds is 3. The highest BCUT2D eigenvalue weighted by atomic mass is 32.2. The third kappa shape index (κ3) is 2.59. The number of fused-ring (bicyclic) bond motifs is 1. The summed E-state index contributed by atoms with van der Waals surface area (Å²) in [6.07, 6.45) is 0.0708. The van der Waals surface area contributed by atoms with Gasteiger partial charge in [-0.15, -0.1) is 11.8 Å². The summed E-state index contributed by atoms with van der Waals surface area (Å²) in [6, 6.07) is -0.239. The van der Waals surface area contributed by atoms with Crippen LogP contribution in [-0.2, 0) is 0 Å². The van der Waals surface area contributed by atoms with Gasteiger partial charge in [0.2, 0.25) is 0 Å². The summed E-state index contributed by atoms with van der Waals surface area (Å²) >= 11 is 1.54. The van der Waals surface area contributed by atoms with Crippen LogP contribution in [0.5, 0.6) is 0 Å². The molecule has 0 aromatic heterocycles. The Balaban J connectivity index is 2.01. The van der Waals surface area contributed by atoms with Crippen molar-refractivity contribution in [3.63, 3.8) is 0 Å². The molecule has 6 heteroatoms. The van der Waals surface area contributed by atoms with E-state index in [0.717, 1.165) is 25.2 Å². The monoisotopic (exact) mass is 260 g/mol. The Kier molecular flexibility index (Phi) is 4.30. The molecule has 4 N–H and O–H groups in total. The van der Waals surface area contributed by atoms with E-state index in [1.165, 1.54) is 11.8 Å². The molecule has 5 atom stereocenters. The third-order valence-electron chi connectivity index (χ3n) is 3.27. The lowest BCUT2D eigenvalue weighted by Crippen LogP contribution is -2.51. The first-order chi connectivity index (χ1) is 8.17. The zero-order chi connectivity index (χ0) is 12.4. The van der Waals surface area contributed by atoms with Gasteiger partial charge < -0.3 is 20.6 Å². The summed E-state index contributed by atoms with van der Waals surface area (Å²) in [5.41, 5.74) is 0. The maximum atomic E-state index is 9.98. The van der Waals surface area contributed by atoms with Crippen LogP contribution in [0.1, 0.15) is 19.8 Å². The van der Waals surface area contributed by atoms with E-state index in [0.29, 0.717) is 0 Å². The topological polar surface area (TPSA) is 85.1 Å². The van der Waals surface area contributed by atoms with Gasteiger partial charge in [-0.2, -0.15) is 0 Å². The summed E-state index contributed by atoms with van der Waals surface area (Å²) in [7, 11) is 0. The van der Waals surface area contributed by atoms with Crippen molar-refractivity contribution in [3.8, 4) is 0 Å². The van der Waals surface area contributed by atoms with E-state index >= 15 is 0 Å². The molecule has 0 aromatic rings. The Morgan fingerprint density at radius 2 is 2.18 bits per heavy atom. The number of thioether (sulfide) groups is 1. The van der Waals surface area contributed by atoms with Gasteiger partial charge in [0.05, 0.1) is 29.8 Å². The van der Waals surface area contributed by atoms with E-state index in [9.17, 15) is 10.2 Å². The van der Waals surface area contributed by atoms with Crippen LogP contribution >= 0.6 is 11.8 Å². The second-order valence-electron chi connectivity index (χ2n) is 4.57. The molecule has 1 saturated heterocycles. The predicted octanol–water partition coefficient (Wildman–Crippen LogP) is -0.645. The zero-order valence-corrected chi connectivity index (χ0v) is 10.7. The fourth-order valence-corrected chi connectivity index (χ4v) is 3.81. The first kappa shape index (κ1) is 13.1. The molecule has 2 heterocycles. The number of aliphatic hydroxyl groups is 3. The molecule has 0 amide bonds. The number of nitrogens with zero attached hydrogens (tertiary/aromatic N) is 1. The first-order valence-electron chi connectivity index (χ1n) is 6.10. The smallest absolute Gasteiger partial charge is 0.104 e. The van der Waals surface area contributed by atoms with E-state index in [4.69, 9.17) is 5.11 Å². The minimum Gasteiger partial charge on any atom is -0.395 e.